The number of hydrogen-bond acceptors (Lipinski definition) is 2. The van der Waals surface area contributed by atoms with Gasteiger partial charge in [0.25, 0.3) is 0 Å². The highest BCUT2D eigenvalue weighted by atomic mass is 16.2. The monoisotopic (exact) mass is 342 g/mol. The fraction of sp³-hybridized carbons (Fsp3) is 0.217. The van der Waals surface area contributed by atoms with Gasteiger partial charge in [0.05, 0.1) is 11.7 Å². The van der Waals surface area contributed by atoms with Gasteiger partial charge in [0.1, 0.15) is 0 Å². The Labute approximate surface area is 154 Å². The predicted molar refractivity (Wildman–Crippen MR) is 103 cm³/mol. The quantitative estimate of drug-likeness (QED) is 0.687. The second-order valence-electron chi connectivity index (χ2n) is 6.88. The largest absolute Gasteiger partial charge is 0.333 e. The van der Waals surface area contributed by atoms with E-state index >= 15 is 0 Å². The van der Waals surface area contributed by atoms with Gasteiger partial charge in [-0.2, -0.15) is 0 Å². The molecule has 0 saturated heterocycles. The predicted octanol–water partition coefficient (Wildman–Crippen LogP) is 4.43. The number of carbonyl (C=O) groups excluding carboxylic acids is 1. The summed E-state index contributed by atoms with van der Waals surface area (Å²) in [6, 6.07) is 26.2. The third-order valence-electron chi connectivity index (χ3n) is 5.15. The molecule has 3 atom stereocenters. The summed E-state index contributed by atoms with van der Waals surface area (Å²) in [5.74, 6) is 0.599. The molecule has 0 spiro atoms. The minimum absolute atomic E-state index is 0.0670. The van der Waals surface area contributed by atoms with E-state index in [4.69, 9.17) is 0 Å². The number of nitrogens with zero attached hydrogens (tertiary/aromatic N) is 2. The maximum atomic E-state index is 13.2. The Kier molecular flexibility index (Phi) is 4.53. The van der Waals surface area contributed by atoms with Crippen LogP contribution >= 0.6 is 0 Å². The summed E-state index contributed by atoms with van der Waals surface area (Å²) >= 11 is 0. The van der Waals surface area contributed by atoms with Gasteiger partial charge in [-0.05, 0) is 35.6 Å². The first-order valence-corrected chi connectivity index (χ1v) is 9.03. The molecule has 130 valence electrons. The van der Waals surface area contributed by atoms with Crippen LogP contribution in [0, 0.1) is 5.92 Å². The number of aromatic nitrogens is 1. The van der Waals surface area contributed by atoms with Crippen molar-refractivity contribution in [2.45, 2.75) is 18.4 Å². The van der Waals surface area contributed by atoms with Crippen LogP contribution < -0.4 is 0 Å². The number of rotatable bonds is 5. The van der Waals surface area contributed by atoms with Crippen molar-refractivity contribution in [1.29, 1.82) is 0 Å². The normalized spacial score (nSPS) is 19.6. The molecule has 3 aromatic rings. The van der Waals surface area contributed by atoms with E-state index in [0.29, 0.717) is 5.92 Å². The number of pyridine rings is 1. The topological polar surface area (TPSA) is 33.2 Å². The van der Waals surface area contributed by atoms with Gasteiger partial charge in [0.2, 0.25) is 5.91 Å². The highest BCUT2D eigenvalue weighted by molar-refractivity contribution is 5.83. The lowest BCUT2D eigenvalue weighted by atomic mass is 10.0. The van der Waals surface area contributed by atoms with E-state index in [1.807, 2.05) is 66.5 Å². The molecule has 1 saturated carbocycles. The highest BCUT2D eigenvalue weighted by Crippen LogP contribution is 2.49. The van der Waals surface area contributed by atoms with Crippen molar-refractivity contribution < 1.29 is 4.79 Å². The molecule has 1 aliphatic rings. The number of amides is 1. The van der Waals surface area contributed by atoms with Crippen LogP contribution in [0.4, 0.5) is 0 Å². The summed E-state index contributed by atoms with van der Waals surface area (Å²) in [5, 5.41) is 0. The van der Waals surface area contributed by atoms with Gasteiger partial charge in [-0.25, -0.2) is 0 Å². The molecular weight excluding hydrogens is 320 g/mol. The molecule has 3 heteroatoms. The molecule has 1 aliphatic carbocycles. The molecule has 1 fully saturated rings. The van der Waals surface area contributed by atoms with Crippen molar-refractivity contribution in [3.8, 4) is 0 Å². The summed E-state index contributed by atoms with van der Waals surface area (Å²) in [4.78, 5) is 19.6. The number of hydrogen-bond donors (Lipinski definition) is 0. The molecule has 1 amide bonds. The molecule has 0 aliphatic heterocycles. The molecule has 1 heterocycles. The van der Waals surface area contributed by atoms with Crippen molar-refractivity contribution in [3.63, 3.8) is 0 Å². The minimum Gasteiger partial charge on any atom is -0.333 e. The van der Waals surface area contributed by atoms with E-state index in [-0.39, 0.29) is 17.9 Å². The standard InChI is InChI=1S/C23H22N2O/c1-25(23(26)20-16-19(20)17-10-4-2-5-11-17)22(18-12-6-3-7-13-18)21-14-8-9-15-24-21/h2-15,19-20,22H,16H2,1H3/t19-,20+,22+/m0/s1. The zero-order valence-electron chi connectivity index (χ0n) is 14.8. The maximum absolute atomic E-state index is 13.2. The lowest BCUT2D eigenvalue weighted by Crippen LogP contribution is -2.33. The molecular formula is C23H22N2O. The second-order valence-corrected chi connectivity index (χ2v) is 6.88. The smallest absolute Gasteiger partial charge is 0.226 e. The second kappa shape index (κ2) is 7.12. The highest BCUT2D eigenvalue weighted by Gasteiger charge is 2.46. The van der Waals surface area contributed by atoms with Gasteiger partial charge < -0.3 is 4.90 Å². The molecule has 0 bridgehead atoms. The van der Waals surface area contributed by atoms with Crippen LogP contribution in [0.15, 0.2) is 85.1 Å². The van der Waals surface area contributed by atoms with Crippen LogP contribution in [0.1, 0.15) is 35.2 Å². The SMILES string of the molecule is CN(C(=O)[C@@H]1C[C@H]1c1ccccc1)[C@H](c1ccccc1)c1ccccn1. The zero-order chi connectivity index (χ0) is 17.9. The van der Waals surface area contributed by atoms with Crippen LogP contribution in [0.5, 0.6) is 0 Å². The minimum atomic E-state index is -0.165. The average Bonchev–Trinajstić information content (AvgIpc) is 3.51. The molecule has 2 aromatic carbocycles. The fourth-order valence-corrected chi connectivity index (χ4v) is 3.69. The Bertz CT molecular complexity index is 825. The maximum Gasteiger partial charge on any atom is 0.226 e. The molecule has 0 N–H and O–H groups in total. The average molecular weight is 342 g/mol. The van der Waals surface area contributed by atoms with Crippen molar-refractivity contribution in [3.05, 3.63) is 102 Å². The third kappa shape index (κ3) is 3.25. The van der Waals surface area contributed by atoms with Crippen LogP contribution in [-0.2, 0) is 4.79 Å². The summed E-state index contributed by atoms with van der Waals surface area (Å²) in [6.45, 7) is 0. The number of benzene rings is 2. The van der Waals surface area contributed by atoms with E-state index < -0.39 is 0 Å². The van der Waals surface area contributed by atoms with E-state index in [0.717, 1.165) is 17.7 Å². The first-order chi connectivity index (χ1) is 12.8. The van der Waals surface area contributed by atoms with Gasteiger partial charge >= 0.3 is 0 Å². The van der Waals surface area contributed by atoms with Crippen molar-refractivity contribution in [1.82, 2.24) is 9.88 Å². The van der Waals surface area contributed by atoms with Crippen LogP contribution in [0.3, 0.4) is 0 Å². The molecule has 26 heavy (non-hydrogen) atoms. The number of carbonyl (C=O) groups is 1. The molecule has 4 rings (SSSR count). The molecule has 1 aromatic heterocycles. The third-order valence-corrected chi connectivity index (χ3v) is 5.15. The van der Waals surface area contributed by atoms with Gasteiger partial charge in [0, 0.05) is 19.2 Å². The Morgan fingerprint density at radius 3 is 2.27 bits per heavy atom. The lowest BCUT2D eigenvalue weighted by Gasteiger charge is -2.28. The van der Waals surface area contributed by atoms with E-state index in [1.54, 1.807) is 6.20 Å². The molecule has 0 radical (unpaired) electrons. The summed E-state index contributed by atoms with van der Waals surface area (Å²) in [7, 11) is 1.90. The van der Waals surface area contributed by atoms with Crippen molar-refractivity contribution in [2.75, 3.05) is 7.05 Å². The summed E-state index contributed by atoms with van der Waals surface area (Å²) in [6.07, 6.45) is 2.71. The Balaban J connectivity index is 1.59. The first-order valence-electron chi connectivity index (χ1n) is 9.03. The van der Waals surface area contributed by atoms with E-state index in [9.17, 15) is 4.79 Å². The van der Waals surface area contributed by atoms with Crippen molar-refractivity contribution in [2.24, 2.45) is 5.92 Å². The Hall–Kier alpha value is -2.94. The van der Waals surface area contributed by atoms with Crippen LogP contribution in [-0.4, -0.2) is 22.8 Å². The lowest BCUT2D eigenvalue weighted by molar-refractivity contribution is -0.133. The van der Waals surface area contributed by atoms with Gasteiger partial charge in [-0.15, -0.1) is 0 Å². The Morgan fingerprint density at radius 2 is 1.62 bits per heavy atom. The molecule has 3 nitrogen and oxygen atoms in total. The fourth-order valence-electron chi connectivity index (χ4n) is 3.69. The van der Waals surface area contributed by atoms with Gasteiger partial charge in [-0.3, -0.25) is 9.78 Å². The van der Waals surface area contributed by atoms with Crippen LogP contribution in [0.2, 0.25) is 0 Å². The summed E-state index contributed by atoms with van der Waals surface area (Å²) < 4.78 is 0. The Morgan fingerprint density at radius 1 is 0.962 bits per heavy atom. The first kappa shape index (κ1) is 16.5. The van der Waals surface area contributed by atoms with E-state index in [2.05, 4.69) is 29.2 Å². The van der Waals surface area contributed by atoms with E-state index in [1.165, 1.54) is 5.56 Å². The van der Waals surface area contributed by atoms with Crippen molar-refractivity contribution >= 4 is 5.91 Å². The van der Waals surface area contributed by atoms with Crippen LogP contribution in [0.25, 0.3) is 0 Å². The summed E-state index contributed by atoms with van der Waals surface area (Å²) in [5.41, 5.74) is 3.23. The van der Waals surface area contributed by atoms with Gasteiger partial charge in [-0.1, -0.05) is 66.7 Å². The zero-order valence-corrected chi connectivity index (χ0v) is 14.8. The van der Waals surface area contributed by atoms with Gasteiger partial charge in [0.15, 0.2) is 0 Å². The molecule has 0 unspecified atom stereocenters.